The smallest absolute Gasteiger partial charge is 0.396 e. The second-order valence-electron chi connectivity index (χ2n) is 4.82. The molecule has 0 unspecified atom stereocenters. The number of rotatable bonds is 7. The summed E-state index contributed by atoms with van der Waals surface area (Å²) in [7, 11) is 0. The first-order chi connectivity index (χ1) is 9.80. The van der Waals surface area contributed by atoms with E-state index in [2.05, 4.69) is 5.32 Å². The van der Waals surface area contributed by atoms with Gasteiger partial charge in [0.2, 0.25) is 5.91 Å². The summed E-state index contributed by atoms with van der Waals surface area (Å²) >= 11 is 0. The number of anilines is 1. The van der Waals surface area contributed by atoms with Gasteiger partial charge < -0.3 is 10.4 Å². The van der Waals surface area contributed by atoms with Gasteiger partial charge in [0.05, 0.1) is 13.1 Å². The molecule has 0 aliphatic heterocycles. The zero-order valence-electron chi connectivity index (χ0n) is 11.8. The van der Waals surface area contributed by atoms with E-state index in [9.17, 15) is 18.0 Å². The minimum absolute atomic E-state index is 0.0112. The van der Waals surface area contributed by atoms with Crippen LogP contribution in [0.2, 0.25) is 0 Å². The van der Waals surface area contributed by atoms with Gasteiger partial charge in [0, 0.05) is 18.8 Å². The Morgan fingerprint density at radius 1 is 1.38 bits per heavy atom. The maximum absolute atomic E-state index is 12.4. The van der Waals surface area contributed by atoms with E-state index in [1.807, 2.05) is 13.0 Å². The summed E-state index contributed by atoms with van der Waals surface area (Å²) in [6.45, 7) is 0.111. The number of nitrogens with one attached hydrogen (secondary N) is 1. The van der Waals surface area contributed by atoms with Crippen LogP contribution >= 0.6 is 0 Å². The predicted molar refractivity (Wildman–Crippen MR) is 74.0 cm³/mol. The molecule has 0 atom stereocenters. The predicted octanol–water partition coefficient (Wildman–Crippen LogP) is 2.18. The van der Waals surface area contributed by atoms with E-state index in [0.29, 0.717) is 5.69 Å². The lowest BCUT2D eigenvalue weighted by molar-refractivity contribution is -0.148. The number of carbonyl (C=O) groups is 1. The molecule has 0 heterocycles. The largest absolute Gasteiger partial charge is 0.401 e. The van der Waals surface area contributed by atoms with Gasteiger partial charge in [-0.05, 0) is 31.0 Å². The zero-order chi connectivity index (χ0) is 15.9. The summed E-state index contributed by atoms with van der Waals surface area (Å²) in [4.78, 5) is 12.8. The molecule has 1 aromatic rings. The Hall–Kier alpha value is -1.60. The van der Waals surface area contributed by atoms with Gasteiger partial charge in [0.25, 0.3) is 0 Å². The van der Waals surface area contributed by atoms with Crippen molar-refractivity contribution in [3.8, 4) is 0 Å². The molecule has 2 N–H and O–H groups in total. The number of aliphatic hydroxyl groups excluding tert-OH is 1. The van der Waals surface area contributed by atoms with Gasteiger partial charge in [0.1, 0.15) is 0 Å². The fourth-order valence-electron chi connectivity index (χ4n) is 1.89. The number of carbonyl (C=O) groups excluding carboxylic acids is 1. The first-order valence-electron chi connectivity index (χ1n) is 6.56. The van der Waals surface area contributed by atoms with Crippen molar-refractivity contribution in [2.24, 2.45) is 0 Å². The van der Waals surface area contributed by atoms with Crippen molar-refractivity contribution in [2.45, 2.75) is 19.5 Å². The van der Waals surface area contributed by atoms with Crippen LogP contribution in [0.4, 0.5) is 18.9 Å². The SMILES string of the molecule is Cc1cccc(NC(=O)CN(CCCO)CC(F)(F)F)c1. The standard InChI is InChI=1S/C14H19F3N2O2/c1-11-4-2-5-12(8-11)18-13(21)9-19(6-3-7-20)10-14(15,16)17/h2,4-5,8,20H,3,6-7,9-10H2,1H3,(H,18,21). The van der Waals surface area contributed by atoms with Crippen molar-refractivity contribution >= 4 is 11.6 Å². The lowest BCUT2D eigenvalue weighted by Crippen LogP contribution is -2.40. The van der Waals surface area contributed by atoms with E-state index < -0.39 is 18.6 Å². The molecule has 0 radical (unpaired) electrons. The molecule has 118 valence electrons. The normalized spacial score (nSPS) is 11.7. The van der Waals surface area contributed by atoms with E-state index in [0.717, 1.165) is 10.5 Å². The Balaban J connectivity index is 2.58. The Morgan fingerprint density at radius 3 is 2.67 bits per heavy atom. The zero-order valence-corrected chi connectivity index (χ0v) is 11.8. The molecule has 4 nitrogen and oxygen atoms in total. The third-order valence-electron chi connectivity index (χ3n) is 2.70. The summed E-state index contributed by atoms with van der Waals surface area (Å²) in [5, 5.41) is 11.3. The maximum atomic E-state index is 12.4. The topological polar surface area (TPSA) is 52.6 Å². The summed E-state index contributed by atoms with van der Waals surface area (Å²) in [5.74, 6) is -0.511. The quantitative estimate of drug-likeness (QED) is 0.812. The molecule has 7 heteroatoms. The Kier molecular flexibility index (Phi) is 6.64. The van der Waals surface area contributed by atoms with Crippen molar-refractivity contribution in [1.29, 1.82) is 0 Å². The van der Waals surface area contributed by atoms with Gasteiger partial charge in [0.15, 0.2) is 0 Å². The van der Waals surface area contributed by atoms with Crippen LogP contribution in [0.1, 0.15) is 12.0 Å². The molecule has 1 rings (SSSR count). The average molecular weight is 304 g/mol. The van der Waals surface area contributed by atoms with Gasteiger partial charge in [-0.1, -0.05) is 12.1 Å². The van der Waals surface area contributed by atoms with Crippen molar-refractivity contribution < 1.29 is 23.1 Å². The molecule has 0 aromatic heterocycles. The first-order valence-corrected chi connectivity index (χ1v) is 6.56. The van der Waals surface area contributed by atoms with Gasteiger partial charge in [-0.3, -0.25) is 9.69 Å². The van der Waals surface area contributed by atoms with E-state index in [1.54, 1.807) is 18.2 Å². The van der Waals surface area contributed by atoms with Crippen LogP contribution in [0.5, 0.6) is 0 Å². The summed E-state index contributed by atoms with van der Waals surface area (Å²) in [5.41, 5.74) is 1.49. The number of alkyl halides is 3. The van der Waals surface area contributed by atoms with Crippen molar-refractivity contribution in [1.82, 2.24) is 4.90 Å². The Labute approximate surface area is 121 Å². The van der Waals surface area contributed by atoms with Crippen molar-refractivity contribution in [3.05, 3.63) is 29.8 Å². The minimum atomic E-state index is -4.38. The fourth-order valence-corrected chi connectivity index (χ4v) is 1.89. The van der Waals surface area contributed by atoms with Crippen LogP contribution in [0.3, 0.4) is 0 Å². The number of amides is 1. The van der Waals surface area contributed by atoms with Crippen LogP contribution in [0, 0.1) is 6.92 Å². The van der Waals surface area contributed by atoms with Crippen LogP contribution in [0.15, 0.2) is 24.3 Å². The molecule has 0 spiro atoms. The van der Waals surface area contributed by atoms with Crippen LogP contribution in [-0.4, -0.2) is 48.3 Å². The number of nitrogens with zero attached hydrogens (tertiary/aromatic N) is 1. The fraction of sp³-hybridized carbons (Fsp3) is 0.500. The summed E-state index contributed by atoms with van der Waals surface area (Å²) in [6.07, 6.45) is -4.19. The maximum Gasteiger partial charge on any atom is 0.401 e. The first kappa shape index (κ1) is 17.5. The molecular formula is C14H19F3N2O2. The number of halogens is 3. The highest BCUT2D eigenvalue weighted by Gasteiger charge is 2.31. The molecule has 0 bridgehead atoms. The molecule has 1 aromatic carbocycles. The molecule has 1 amide bonds. The Bertz CT molecular complexity index is 464. The molecule has 0 aliphatic rings. The third kappa shape index (κ3) is 7.67. The van der Waals surface area contributed by atoms with Crippen molar-refractivity contribution in [2.75, 3.05) is 31.6 Å². The number of aryl methyl sites for hydroxylation is 1. The van der Waals surface area contributed by atoms with E-state index >= 15 is 0 Å². The van der Waals surface area contributed by atoms with E-state index in [1.165, 1.54) is 0 Å². The highest BCUT2D eigenvalue weighted by Crippen LogP contribution is 2.17. The van der Waals surface area contributed by atoms with E-state index in [-0.39, 0.29) is 26.1 Å². The number of aliphatic hydroxyl groups is 1. The average Bonchev–Trinajstić information content (AvgIpc) is 2.34. The minimum Gasteiger partial charge on any atom is -0.396 e. The van der Waals surface area contributed by atoms with Gasteiger partial charge in [-0.2, -0.15) is 13.2 Å². The van der Waals surface area contributed by atoms with Crippen LogP contribution in [-0.2, 0) is 4.79 Å². The molecule has 0 aliphatic carbocycles. The summed E-state index contributed by atoms with van der Waals surface area (Å²) in [6, 6.07) is 7.02. The van der Waals surface area contributed by atoms with Gasteiger partial charge >= 0.3 is 6.18 Å². The van der Waals surface area contributed by atoms with Crippen molar-refractivity contribution in [3.63, 3.8) is 0 Å². The van der Waals surface area contributed by atoms with E-state index in [4.69, 9.17) is 5.11 Å². The lowest BCUT2D eigenvalue weighted by Gasteiger charge is -2.22. The van der Waals surface area contributed by atoms with Gasteiger partial charge in [-0.25, -0.2) is 0 Å². The van der Waals surface area contributed by atoms with Crippen LogP contribution in [0.25, 0.3) is 0 Å². The molecule has 0 saturated heterocycles. The van der Waals surface area contributed by atoms with Crippen LogP contribution < -0.4 is 5.32 Å². The second kappa shape index (κ2) is 7.99. The third-order valence-corrected chi connectivity index (χ3v) is 2.70. The monoisotopic (exact) mass is 304 g/mol. The number of benzene rings is 1. The molecule has 0 saturated carbocycles. The Morgan fingerprint density at radius 2 is 2.10 bits per heavy atom. The lowest BCUT2D eigenvalue weighted by atomic mass is 10.2. The van der Waals surface area contributed by atoms with Gasteiger partial charge in [-0.15, -0.1) is 0 Å². The molecular weight excluding hydrogens is 285 g/mol. The highest BCUT2D eigenvalue weighted by molar-refractivity contribution is 5.92. The number of hydrogen-bond acceptors (Lipinski definition) is 3. The highest BCUT2D eigenvalue weighted by atomic mass is 19.4. The summed E-state index contributed by atoms with van der Waals surface area (Å²) < 4.78 is 37.3. The second-order valence-corrected chi connectivity index (χ2v) is 4.82. The molecule has 21 heavy (non-hydrogen) atoms. The molecule has 0 fully saturated rings. The number of hydrogen-bond donors (Lipinski definition) is 2.